The van der Waals surface area contributed by atoms with Crippen LogP contribution in [-0.2, 0) is 0 Å². The fraction of sp³-hybridized carbons (Fsp3) is 0.375. The van der Waals surface area contributed by atoms with E-state index in [9.17, 15) is 5.26 Å². The van der Waals surface area contributed by atoms with Gasteiger partial charge in [-0.3, -0.25) is 0 Å². The lowest BCUT2D eigenvalue weighted by atomic mass is 9.87. The number of benzene rings is 1. The second-order valence-electron chi connectivity index (χ2n) is 5.21. The molecule has 1 aromatic carbocycles. The van der Waals surface area contributed by atoms with Crippen molar-refractivity contribution < 1.29 is 0 Å². The minimum absolute atomic E-state index is 0.481. The largest absolute Gasteiger partial charge is 0.393 e. The van der Waals surface area contributed by atoms with Crippen LogP contribution in [0.2, 0.25) is 0 Å². The average molecular weight is 268 g/mol. The van der Waals surface area contributed by atoms with Crippen LogP contribution in [0.25, 0.3) is 5.57 Å². The van der Waals surface area contributed by atoms with E-state index in [4.69, 9.17) is 5.41 Å². The number of hydrogen-bond donors (Lipinski definition) is 2. The smallest absolute Gasteiger partial charge is 0.0998 e. The van der Waals surface area contributed by atoms with E-state index in [1.807, 2.05) is 6.07 Å². The first-order valence-electron chi connectivity index (χ1n) is 6.79. The van der Waals surface area contributed by atoms with E-state index < -0.39 is 0 Å². The molecule has 0 unspecified atom stereocenters. The van der Waals surface area contributed by atoms with Crippen molar-refractivity contribution >= 4 is 17.5 Å². The van der Waals surface area contributed by atoms with Crippen LogP contribution >= 0.6 is 0 Å². The molecule has 0 fully saturated rings. The molecule has 1 aliphatic rings. The molecule has 0 bridgehead atoms. The summed E-state index contributed by atoms with van der Waals surface area (Å²) in [6.07, 6.45) is 4.16. The molecule has 0 saturated carbocycles. The quantitative estimate of drug-likeness (QED) is 0.828. The molecule has 0 aliphatic carbocycles. The predicted octanol–water partition coefficient (Wildman–Crippen LogP) is 2.71. The van der Waals surface area contributed by atoms with Crippen molar-refractivity contribution in [1.82, 2.24) is 5.32 Å². The van der Waals surface area contributed by atoms with Crippen LogP contribution in [0.4, 0.5) is 5.69 Å². The van der Waals surface area contributed by atoms with Crippen LogP contribution in [0, 0.1) is 16.7 Å². The monoisotopic (exact) mass is 268 g/mol. The van der Waals surface area contributed by atoms with E-state index in [-0.39, 0.29) is 0 Å². The number of nitrogens with zero attached hydrogens (tertiary/aromatic N) is 2. The summed E-state index contributed by atoms with van der Waals surface area (Å²) < 4.78 is 0. The molecule has 0 saturated heterocycles. The van der Waals surface area contributed by atoms with Crippen LogP contribution < -0.4 is 10.2 Å². The first-order valence-corrected chi connectivity index (χ1v) is 6.79. The standard InChI is InChI=1S/C16H20N4/c1-11-4-5-20(3)16-6-12(8-17)15(7-14(11)16)13(9-18)10-19-2/h6-7,9-11,18-19H,4-5H2,1-3H3/b13-10+,18-9?/t11-/m1/s1. The van der Waals surface area contributed by atoms with Crippen molar-refractivity contribution in [2.45, 2.75) is 19.3 Å². The molecule has 0 radical (unpaired) electrons. The van der Waals surface area contributed by atoms with E-state index in [0.29, 0.717) is 11.5 Å². The number of nitriles is 1. The van der Waals surface area contributed by atoms with Crippen LogP contribution in [0.3, 0.4) is 0 Å². The van der Waals surface area contributed by atoms with Gasteiger partial charge in [0.05, 0.1) is 11.6 Å². The van der Waals surface area contributed by atoms with Crippen LogP contribution in [0.5, 0.6) is 0 Å². The van der Waals surface area contributed by atoms with Crippen molar-refractivity contribution in [3.05, 3.63) is 35.0 Å². The SMILES string of the molecule is CN/C=C(\C=N)c1cc2c(cc1C#N)N(C)CC[C@H]2C. The highest BCUT2D eigenvalue weighted by Gasteiger charge is 2.22. The number of rotatable bonds is 3. The molecule has 0 amide bonds. The van der Waals surface area contributed by atoms with Crippen LogP contribution in [0.1, 0.15) is 36.0 Å². The summed E-state index contributed by atoms with van der Waals surface area (Å²) in [4.78, 5) is 2.20. The molecule has 2 N–H and O–H groups in total. The van der Waals surface area contributed by atoms with Crippen LogP contribution in [-0.4, -0.2) is 26.9 Å². The molecule has 0 aromatic heterocycles. The number of hydrogen-bond acceptors (Lipinski definition) is 4. The maximum atomic E-state index is 9.39. The van der Waals surface area contributed by atoms with Gasteiger partial charge in [-0.25, -0.2) is 0 Å². The van der Waals surface area contributed by atoms with Gasteiger partial charge in [0.1, 0.15) is 0 Å². The Balaban J connectivity index is 2.65. The minimum Gasteiger partial charge on any atom is -0.393 e. The highest BCUT2D eigenvalue weighted by atomic mass is 15.1. The summed E-state index contributed by atoms with van der Waals surface area (Å²) in [6.45, 7) is 3.23. The molecule has 1 atom stereocenters. The van der Waals surface area contributed by atoms with Gasteiger partial charge in [0.15, 0.2) is 0 Å². The molecular weight excluding hydrogens is 248 g/mol. The minimum atomic E-state index is 0.481. The Labute approximate surface area is 120 Å². The third-order valence-corrected chi connectivity index (χ3v) is 3.89. The van der Waals surface area contributed by atoms with Crippen molar-refractivity contribution in [1.29, 1.82) is 10.7 Å². The molecular formula is C16H20N4. The molecule has 1 aromatic rings. The Kier molecular flexibility index (Phi) is 4.09. The molecule has 1 heterocycles. The maximum absolute atomic E-state index is 9.39. The molecule has 104 valence electrons. The van der Waals surface area contributed by atoms with Gasteiger partial charge in [0.25, 0.3) is 0 Å². The lowest BCUT2D eigenvalue weighted by Gasteiger charge is -2.32. The van der Waals surface area contributed by atoms with Crippen molar-refractivity contribution in [3.8, 4) is 6.07 Å². The summed E-state index contributed by atoms with van der Waals surface area (Å²) in [5.41, 5.74) is 4.58. The maximum Gasteiger partial charge on any atom is 0.0998 e. The Morgan fingerprint density at radius 3 is 2.90 bits per heavy atom. The third-order valence-electron chi connectivity index (χ3n) is 3.89. The lowest BCUT2D eigenvalue weighted by molar-refractivity contribution is 0.637. The summed E-state index contributed by atoms with van der Waals surface area (Å²) in [6, 6.07) is 6.28. The molecule has 20 heavy (non-hydrogen) atoms. The molecule has 1 aliphatic heterocycles. The summed E-state index contributed by atoms with van der Waals surface area (Å²) in [5.74, 6) is 0.481. The molecule has 0 spiro atoms. The second kappa shape index (κ2) is 5.79. The Hall–Kier alpha value is -2.28. The van der Waals surface area contributed by atoms with Crippen LogP contribution in [0.15, 0.2) is 18.3 Å². The fourth-order valence-electron chi connectivity index (χ4n) is 2.68. The first-order chi connectivity index (χ1) is 9.62. The van der Waals surface area contributed by atoms with E-state index in [1.165, 1.54) is 11.8 Å². The highest BCUT2D eigenvalue weighted by molar-refractivity contribution is 6.09. The van der Waals surface area contributed by atoms with Crippen molar-refractivity contribution in [3.63, 3.8) is 0 Å². The zero-order valence-corrected chi connectivity index (χ0v) is 12.2. The molecule has 4 heteroatoms. The Morgan fingerprint density at radius 2 is 2.30 bits per heavy atom. The van der Waals surface area contributed by atoms with E-state index in [1.54, 1.807) is 13.2 Å². The molecule has 4 nitrogen and oxygen atoms in total. The topological polar surface area (TPSA) is 62.9 Å². The zero-order chi connectivity index (χ0) is 14.7. The number of fused-ring (bicyclic) bond motifs is 1. The predicted molar refractivity (Wildman–Crippen MR) is 83.3 cm³/mol. The van der Waals surface area contributed by atoms with E-state index >= 15 is 0 Å². The van der Waals surface area contributed by atoms with Gasteiger partial charge in [-0.05, 0) is 30.0 Å². The lowest BCUT2D eigenvalue weighted by Crippen LogP contribution is -2.26. The summed E-state index contributed by atoms with van der Waals surface area (Å²) in [7, 11) is 3.86. The van der Waals surface area contributed by atoms with Gasteiger partial charge >= 0.3 is 0 Å². The van der Waals surface area contributed by atoms with Crippen molar-refractivity contribution in [2.75, 3.05) is 25.5 Å². The highest BCUT2D eigenvalue weighted by Crippen LogP contribution is 2.37. The zero-order valence-electron chi connectivity index (χ0n) is 12.2. The number of anilines is 1. The fourth-order valence-corrected chi connectivity index (χ4v) is 2.68. The van der Waals surface area contributed by atoms with Gasteiger partial charge in [0.2, 0.25) is 0 Å². The second-order valence-corrected chi connectivity index (χ2v) is 5.21. The summed E-state index contributed by atoms with van der Waals surface area (Å²) >= 11 is 0. The number of nitrogens with one attached hydrogen (secondary N) is 2. The van der Waals surface area contributed by atoms with Crippen molar-refractivity contribution in [2.24, 2.45) is 0 Å². The summed E-state index contributed by atoms with van der Waals surface area (Å²) in [5, 5.41) is 19.9. The van der Waals surface area contributed by atoms with Gasteiger partial charge in [-0.2, -0.15) is 5.26 Å². The van der Waals surface area contributed by atoms with E-state index in [0.717, 1.165) is 29.8 Å². The van der Waals surface area contributed by atoms with Gasteiger partial charge < -0.3 is 15.6 Å². The number of allylic oxidation sites excluding steroid dienone is 1. The third kappa shape index (κ3) is 2.39. The Bertz CT molecular complexity index is 595. The first kappa shape index (κ1) is 14.1. The van der Waals surface area contributed by atoms with Gasteiger partial charge in [-0.1, -0.05) is 6.92 Å². The van der Waals surface area contributed by atoms with Gasteiger partial charge in [-0.15, -0.1) is 0 Å². The average Bonchev–Trinajstić information content (AvgIpc) is 2.47. The van der Waals surface area contributed by atoms with E-state index in [2.05, 4.69) is 36.3 Å². The molecule has 2 rings (SSSR count). The normalized spacial score (nSPS) is 18.2. The Morgan fingerprint density at radius 1 is 1.55 bits per heavy atom. The van der Waals surface area contributed by atoms with Gasteiger partial charge in [0, 0.05) is 49.9 Å².